The molecule has 5 heteroatoms. The molecule has 5 nitrogen and oxygen atoms in total. The van der Waals surface area contributed by atoms with Gasteiger partial charge >= 0.3 is 5.97 Å². The van der Waals surface area contributed by atoms with Crippen molar-refractivity contribution in [3.05, 3.63) is 24.3 Å². The van der Waals surface area contributed by atoms with E-state index < -0.39 is 18.2 Å². The van der Waals surface area contributed by atoms with Gasteiger partial charge in [-0.3, -0.25) is 4.79 Å². The number of carboxylic acid groups (broad SMARTS) is 1. The van der Waals surface area contributed by atoms with Crippen LogP contribution in [0.2, 0.25) is 0 Å². The molecule has 0 aromatic rings. The van der Waals surface area contributed by atoms with E-state index in [1.165, 1.54) is 0 Å². The second-order valence-corrected chi connectivity index (χ2v) is 4.84. The van der Waals surface area contributed by atoms with Crippen molar-refractivity contribution in [2.24, 2.45) is 0 Å². The van der Waals surface area contributed by atoms with Crippen molar-refractivity contribution in [3.8, 4) is 0 Å². The molecule has 0 heterocycles. The number of aliphatic carboxylic acids is 1. The Morgan fingerprint density at radius 1 is 1.10 bits per heavy atom. The molecule has 0 aromatic carbocycles. The largest absolute Gasteiger partial charge is 0.481 e. The molecule has 0 bridgehead atoms. The van der Waals surface area contributed by atoms with Crippen molar-refractivity contribution in [1.29, 1.82) is 0 Å². The third-order valence-electron chi connectivity index (χ3n) is 2.87. The topological polar surface area (TPSA) is 87.0 Å². The zero-order chi connectivity index (χ0) is 15.9. The van der Waals surface area contributed by atoms with Gasteiger partial charge in [-0.15, -0.1) is 0 Å². The van der Waals surface area contributed by atoms with Crippen molar-refractivity contribution in [1.82, 2.24) is 0 Å². The van der Waals surface area contributed by atoms with E-state index >= 15 is 0 Å². The Kier molecular flexibility index (Phi) is 13.0. The predicted octanol–water partition coefficient (Wildman–Crippen LogP) is 2.28. The molecule has 2 atom stereocenters. The van der Waals surface area contributed by atoms with Gasteiger partial charge in [0.2, 0.25) is 0 Å². The molecule has 0 fully saturated rings. The number of carbonyl (C=O) groups is 1. The first-order chi connectivity index (χ1) is 10.1. The summed E-state index contributed by atoms with van der Waals surface area (Å²) >= 11 is 0. The maximum absolute atomic E-state index is 10.3. The highest BCUT2D eigenvalue weighted by Gasteiger charge is 2.01. The van der Waals surface area contributed by atoms with Gasteiger partial charge in [0.25, 0.3) is 0 Å². The third kappa shape index (κ3) is 15.0. The minimum Gasteiger partial charge on any atom is -0.481 e. The van der Waals surface area contributed by atoms with Crippen LogP contribution < -0.4 is 0 Å². The van der Waals surface area contributed by atoms with E-state index in [0.29, 0.717) is 32.5 Å². The van der Waals surface area contributed by atoms with E-state index in [1.807, 2.05) is 19.1 Å². The fourth-order valence-corrected chi connectivity index (χ4v) is 1.70. The molecule has 0 aromatic heterocycles. The van der Waals surface area contributed by atoms with E-state index in [-0.39, 0.29) is 6.42 Å². The van der Waals surface area contributed by atoms with Crippen molar-refractivity contribution in [2.75, 3.05) is 13.2 Å². The molecule has 0 aliphatic carbocycles. The number of aliphatic hydroxyl groups is 2. The fraction of sp³-hybridized carbons (Fsp3) is 0.688. The maximum atomic E-state index is 10.3. The van der Waals surface area contributed by atoms with Crippen LogP contribution in [0.5, 0.6) is 0 Å². The van der Waals surface area contributed by atoms with Crippen molar-refractivity contribution in [2.45, 2.75) is 57.7 Å². The van der Waals surface area contributed by atoms with Crippen LogP contribution in [0.1, 0.15) is 45.4 Å². The lowest BCUT2D eigenvalue weighted by molar-refractivity contribution is -0.137. The first-order valence-corrected chi connectivity index (χ1v) is 7.55. The lowest BCUT2D eigenvalue weighted by atomic mass is 10.1. The first-order valence-electron chi connectivity index (χ1n) is 7.55. The SMILES string of the molecule is CCOCCC(O)C=CCCC=CC(O)CCCC(=O)O. The molecule has 0 radical (unpaired) electrons. The molecule has 0 aliphatic heterocycles. The minimum absolute atomic E-state index is 0.0905. The van der Waals surface area contributed by atoms with Gasteiger partial charge in [0.05, 0.1) is 12.2 Å². The second-order valence-electron chi connectivity index (χ2n) is 4.84. The van der Waals surface area contributed by atoms with Crippen molar-refractivity contribution in [3.63, 3.8) is 0 Å². The normalized spacial score (nSPS) is 14.8. The summed E-state index contributed by atoms with van der Waals surface area (Å²) in [4.78, 5) is 10.3. The van der Waals surface area contributed by atoms with Gasteiger partial charge in [-0.25, -0.2) is 0 Å². The van der Waals surface area contributed by atoms with Crippen molar-refractivity contribution >= 4 is 5.97 Å². The van der Waals surface area contributed by atoms with Gasteiger partial charge in [-0.05, 0) is 32.6 Å². The number of unbranched alkanes of at least 4 members (excludes halogenated alkanes) is 1. The monoisotopic (exact) mass is 300 g/mol. The summed E-state index contributed by atoms with van der Waals surface area (Å²) in [6.07, 6.45) is 9.41. The van der Waals surface area contributed by atoms with Gasteiger partial charge in [0, 0.05) is 26.1 Å². The lowest BCUT2D eigenvalue weighted by Crippen LogP contribution is -2.07. The summed E-state index contributed by atoms with van der Waals surface area (Å²) < 4.78 is 5.15. The molecule has 0 amide bonds. The quantitative estimate of drug-likeness (QED) is 0.359. The molecule has 0 aliphatic rings. The van der Waals surface area contributed by atoms with Crippen LogP contribution >= 0.6 is 0 Å². The summed E-state index contributed by atoms with van der Waals surface area (Å²) in [6, 6.07) is 0. The van der Waals surface area contributed by atoms with Gasteiger partial charge in [-0.2, -0.15) is 0 Å². The maximum Gasteiger partial charge on any atom is 0.303 e. The minimum atomic E-state index is -0.834. The Bertz CT molecular complexity index is 312. The van der Waals surface area contributed by atoms with Crippen LogP contribution in [0, 0.1) is 0 Å². The van der Waals surface area contributed by atoms with Crippen molar-refractivity contribution < 1.29 is 24.9 Å². The van der Waals surface area contributed by atoms with E-state index in [2.05, 4.69) is 0 Å². The van der Waals surface area contributed by atoms with Crippen LogP contribution in [0.4, 0.5) is 0 Å². The molecule has 0 rings (SSSR count). The molecule has 0 saturated carbocycles. The summed E-state index contributed by atoms with van der Waals surface area (Å²) in [6.45, 7) is 3.14. The lowest BCUT2D eigenvalue weighted by Gasteiger charge is -2.05. The Labute approximate surface area is 126 Å². The Morgan fingerprint density at radius 2 is 1.67 bits per heavy atom. The molecule has 0 saturated heterocycles. The predicted molar refractivity (Wildman–Crippen MR) is 82.1 cm³/mol. The highest BCUT2D eigenvalue weighted by molar-refractivity contribution is 5.66. The van der Waals surface area contributed by atoms with Crippen LogP contribution in [0.15, 0.2) is 24.3 Å². The number of ether oxygens (including phenoxy) is 1. The number of hydrogen-bond acceptors (Lipinski definition) is 4. The zero-order valence-corrected chi connectivity index (χ0v) is 12.8. The molecule has 122 valence electrons. The Balaban J connectivity index is 3.59. The second kappa shape index (κ2) is 13.8. The molecule has 2 unspecified atom stereocenters. The summed E-state index contributed by atoms with van der Waals surface area (Å²) in [7, 11) is 0. The van der Waals surface area contributed by atoms with E-state index in [4.69, 9.17) is 9.84 Å². The third-order valence-corrected chi connectivity index (χ3v) is 2.87. The summed E-state index contributed by atoms with van der Waals surface area (Å²) in [5, 5.41) is 27.6. The van der Waals surface area contributed by atoms with Crippen LogP contribution in [0.3, 0.4) is 0 Å². The highest BCUT2D eigenvalue weighted by Crippen LogP contribution is 2.04. The fourth-order valence-electron chi connectivity index (χ4n) is 1.70. The first kappa shape index (κ1) is 19.8. The van der Waals surface area contributed by atoms with Gasteiger partial charge in [0.1, 0.15) is 0 Å². The van der Waals surface area contributed by atoms with Gasteiger partial charge in [-0.1, -0.05) is 24.3 Å². The molecule has 21 heavy (non-hydrogen) atoms. The molecule has 0 spiro atoms. The molecular formula is C16H28O5. The number of carboxylic acids is 1. The van der Waals surface area contributed by atoms with Crippen LogP contribution in [-0.2, 0) is 9.53 Å². The number of hydrogen-bond donors (Lipinski definition) is 3. The zero-order valence-electron chi connectivity index (χ0n) is 12.8. The average molecular weight is 300 g/mol. The van der Waals surface area contributed by atoms with Gasteiger partial charge < -0.3 is 20.1 Å². The smallest absolute Gasteiger partial charge is 0.303 e. The standard InChI is InChI=1S/C16H28O5/c1-2-21-13-12-15(18)9-6-4-3-5-8-14(17)10-7-11-16(19)20/h5-6,8-9,14-15,17-18H,2-4,7,10-13H2,1H3,(H,19,20). The van der Waals surface area contributed by atoms with Crippen LogP contribution in [0.25, 0.3) is 0 Å². The summed E-state index contributed by atoms with van der Waals surface area (Å²) in [5.74, 6) is -0.834. The van der Waals surface area contributed by atoms with Gasteiger partial charge in [0.15, 0.2) is 0 Å². The summed E-state index contributed by atoms with van der Waals surface area (Å²) in [5.41, 5.74) is 0. The number of rotatable bonds is 13. The number of aliphatic hydroxyl groups excluding tert-OH is 2. The number of allylic oxidation sites excluding steroid dienone is 2. The van der Waals surface area contributed by atoms with E-state index in [9.17, 15) is 15.0 Å². The molecular weight excluding hydrogens is 272 g/mol. The molecule has 3 N–H and O–H groups in total. The van der Waals surface area contributed by atoms with Crippen LogP contribution in [-0.4, -0.2) is 46.7 Å². The Hall–Kier alpha value is -1.17. The average Bonchev–Trinajstić information content (AvgIpc) is 2.42. The Morgan fingerprint density at radius 3 is 2.19 bits per heavy atom. The highest BCUT2D eigenvalue weighted by atomic mass is 16.5. The van der Waals surface area contributed by atoms with E-state index in [0.717, 1.165) is 12.8 Å². The van der Waals surface area contributed by atoms with E-state index in [1.54, 1.807) is 12.2 Å².